The summed E-state index contributed by atoms with van der Waals surface area (Å²) in [5, 5.41) is 5.66. The lowest BCUT2D eigenvalue weighted by atomic mass is 10.1. The van der Waals surface area contributed by atoms with Crippen LogP contribution in [-0.2, 0) is 9.59 Å². The molecule has 7 nitrogen and oxygen atoms in total. The number of nitrogens with zero attached hydrogens (tertiary/aromatic N) is 1. The van der Waals surface area contributed by atoms with E-state index in [1.54, 1.807) is 30.3 Å². The first-order valence-corrected chi connectivity index (χ1v) is 9.67. The molecule has 2 amide bonds. The van der Waals surface area contributed by atoms with Gasteiger partial charge in [-0.1, -0.05) is 31.2 Å². The molecule has 0 aliphatic carbocycles. The van der Waals surface area contributed by atoms with Crippen molar-refractivity contribution >= 4 is 29.0 Å². The van der Waals surface area contributed by atoms with Gasteiger partial charge in [-0.3, -0.25) is 14.4 Å². The monoisotopic (exact) mass is 395 g/mol. The normalized spacial score (nSPS) is 15.1. The van der Waals surface area contributed by atoms with Crippen molar-refractivity contribution in [2.24, 2.45) is 0 Å². The molecule has 7 heteroatoms. The predicted molar refractivity (Wildman–Crippen MR) is 111 cm³/mol. The van der Waals surface area contributed by atoms with Gasteiger partial charge in [0.25, 0.3) is 5.91 Å². The average molecular weight is 395 g/mol. The molecular formula is C22H25N3O4. The fourth-order valence-electron chi connectivity index (χ4n) is 3.15. The maximum Gasteiger partial charge on any atom is 0.262 e. The van der Waals surface area contributed by atoms with E-state index in [2.05, 4.69) is 10.6 Å². The van der Waals surface area contributed by atoms with E-state index in [0.717, 1.165) is 12.1 Å². The van der Waals surface area contributed by atoms with Gasteiger partial charge < -0.3 is 20.3 Å². The third kappa shape index (κ3) is 5.13. The highest BCUT2D eigenvalue weighted by atomic mass is 16.5. The molecule has 0 saturated carbocycles. The standard InChI is InChI=1S/C22H25N3O4/c1-3-11-23-22(28)20-13-25(18-9-4-5-10-19(18)29-20)14-21(27)24-17-8-6-7-16(12-17)15(2)26/h4-10,12,20H,3,11,13-14H2,1-2H3,(H,23,28)(H,24,27)/t20-/m1/s1. The molecule has 1 atom stereocenters. The summed E-state index contributed by atoms with van der Waals surface area (Å²) < 4.78 is 5.84. The Morgan fingerprint density at radius 2 is 1.93 bits per heavy atom. The lowest BCUT2D eigenvalue weighted by Gasteiger charge is -2.35. The van der Waals surface area contributed by atoms with Crippen molar-refractivity contribution in [1.82, 2.24) is 5.32 Å². The average Bonchev–Trinajstić information content (AvgIpc) is 2.72. The Hall–Kier alpha value is -3.35. The van der Waals surface area contributed by atoms with E-state index in [1.165, 1.54) is 6.92 Å². The lowest BCUT2D eigenvalue weighted by molar-refractivity contribution is -0.128. The molecule has 1 aliphatic rings. The van der Waals surface area contributed by atoms with Gasteiger partial charge in [0.05, 0.1) is 18.8 Å². The number of benzene rings is 2. The maximum atomic E-state index is 12.6. The van der Waals surface area contributed by atoms with Crippen molar-refractivity contribution < 1.29 is 19.1 Å². The molecule has 0 radical (unpaired) electrons. The molecule has 1 aliphatic heterocycles. The molecule has 0 spiro atoms. The number of carbonyl (C=O) groups excluding carboxylic acids is 3. The largest absolute Gasteiger partial charge is 0.477 e. The minimum absolute atomic E-state index is 0.0578. The first-order valence-electron chi connectivity index (χ1n) is 9.67. The van der Waals surface area contributed by atoms with Crippen LogP contribution in [0.25, 0.3) is 0 Å². The summed E-state index contributed by atoms with van der Waals surface area (Å²) >= 11 is 0. The van der Waals surface area contributed by atoms with Crippen molar-refractivity contribution in [3.05, 3.63) is 54.1 Å². The molecular weight excluding hydrogens is 370 g/mol. The number of anilines is 2. The van der Waals surface area contributed by atoms with Crippen LogP contribution >= 0.6 is 0 Å². The molecule has 0 fully saturated rings. The first-order chi connectivity index (χ1) is 14.0. The minimum Gasteiger partial charge on any atom is -0.477 e. The van der Waals surface area contributed by atoms with Gasteiger partial charge in [-0.05, 0) is 37.6 Å². The van der Waals surface area contributed by atoms with Crippen LogP contribution in [0.15, 0.2) is 48.5 Å². The molecule has 0 unspecified atom stereocenters. The Morgan fingerprint density at radius 3 is 2.69 bits per heavy atom. The van der Waals surface area contributed by atoms with Crippen LogP contribution in [-0.4, -0.2) is 43.3 Å². The highest BCUT2D eigenvalue weighted by molar-refractivity contribution is 5.98. The Kier molecular flexibility index (Phi) is 6.49. The zero-order chi connectivity index (χ0) is 20.8. The van der Waals surface area contributed by atoms with Crippen LogP contribution in [0, 0.1) is 0 Å². The number of Topliss-reactive ketones (excluding diaryl/α,β-unsaturated/α-hetero) is 1. The number of ketones is 1. The number of amides is 2. The van der Waals surface area contributed by atoms with Gasteiger partial charge in [-0.2, -0.15) is 0 Å². The Labute approximate surface area is 170 Å². The number of rotatable bonds is 7. The molecule has 1 heterocycles. The number of para-hydroxylation sites is 2. The van der Waals surface area contributed by atoms with Gasteiger partial charge in [0.2, 0.25) is 5.91 Å². The number of hydrogen-bond acceptors (Lipinski definition) is 5. The number of ether oxygens (including phenoxy) is 1. The van der Waals surface area contributed by atoms with Crippen molar-refractivity contribution in [2.75, 3.05) is 29.9 Å². The zero-order valence-electron chi connectivity index (χ0n) is 16.6. The molecule has 2 aromatic rings. The van der Waals surface area contributed by atoms with Crippen molar-refractivity contribution in [3.8, 4) is 5.75 Å². The van der Waals surface area contributed by atoms with E-state index >= 15 is 0 Å². The van der Waals surface area contributed by atoms with E-state index in [0.29, 0.717) is 23.5 Å². The second-order valence-corrected chi connectivity index (χ2v) is 6.93. The van der Waals surface area contributed by atoms with Gasteiger partial charge in [0, 0.05) is 17.8 Å². The van der Waals surface area contributed by atoms with Crippen LogP contribution in [0.5, 0.6) is 5.75 Å². The zero-order valence-corrected chi connectivity index (χ0v) is 16.6. The molecule has 3 rings (SSSR count). The minimum atomic E-state index is -0.690. The Morgan fingerprint density at radius 1 is 1.14 bits per heavy atom. The third-order valence-electron chi connectivity index (χ3n) is 4.59. The molecule has 0 saturated heterocycles. The number of hydrogen-bond donors (Lipinski definition) is 2. The molecule has 2 aromatic carbocycles. The molecule has 2 N–H and O–H groups in total. The quantitative estimate of drug-likeness (QED) is 0.704. The van der Waals surface area contributed by atoms with Crippen LogP contribution in [0.2, 0.25) is 0 Å². The third-order valence-corrected chi connectivity index (χ3v) is 4.59. The van der Waals surface area contributed by atoms with Crippen molar-refractivity contribution in [2.45, 2.75) is 26.4 Å². The smallest absolute Gasteiger partial charge is 0.262 e. The van der Waals surface area contributed by atoms with Crippen LogP contribution in [0.1, 0.15) is 30.6 Å². The van der Waals surface area contributed by atoms with E-state index in [1.807, 2.05) is 30.0 Å². The predicted octanol–water partition coefficient (Wildman–Crippen LogP) is 2.62. The molecule has 152 valence electrons. The van der Waals surface area contributed by atoms with E-state index in [-0.39, 0.29) is 30.7 Å². The summed E-state index contributed by atoms with van der Waals surface area (Å²) in [6.07, 6.45) is 0.144. The van der Waals surface area contributed by atoms with Crippen molar-refractivity contribution in [3.63, 3.8) is 0 Å². The van der Waals surface area contributed by atoms with E-state index in [4.69, 9.17) is 4.74 Å². The summed E-state index contributed by atoms with van der Waals surface area (Å²) in [5.41, 5.74) is 1.85. The van der Waals surface area contributed by atoms with Gasteiger partial charge in [-0.25, -0.2) is 0 Å². The van der Waals surface area contributed by atoms with Gasteiger partial charge in [0.15, 0.2) is 11.9 Å². The Balaban J connectivity index is 1.72. The highest BCUT2D eigenvalue weighted by Gasteiger charge is 2.31. The number of carbonyl (C=O) groups is 3. The summed E-state index contributed by atoms with van der Waals surface area (Å²) in [6, 6.07) is 14.2. The van der Waals surface area contributed by atoms with E-state index < -0.39 is 6.10 Å². The van der Waals surface area contributed by atoms with Gasteiger partial charge in [-0.15, -0.1) is 0 Å². The second-order valence-electron chi connectivity index (χ2n) is 6.93. The number of nitrogens with one attached hydrogen (secondary N) is 2. The van der Waals surface area contributed by atoms with Crippen LogP contribution < -0.4 is 20.3 Å². The summed E-state index contributed by atoms with van der Waals surface area (Å²) in [4.78, 5) is 38.4. The van der Waals surface area contributed by atoms with Crippen LogP contribution in [0.3, 0.4) is 0 Å². The van der Waals surface area contributed by atoms with Crippen molar-refractivity contribution in [1.29, 1.82) is 0 Å². The summed E-state index contributed by atoms with van der Waals surface area (Å²) in [7, 11) is 0. The molecule has 0 aromatic heterocycles. The van der Waals surface area contributed by atoms with E-state index in [9.17, 15) is 14.4 Å². The molecule has 29 heavy (non-hydrogen) atoms. The Bertz CT molecular complexity index is 912. The molecule has 0 bridgehead atoms. The highest BCUT2D eigenvalue weighted by Crippen LogP contribution is 2.33. The SMILES string of the molecule is CCCNC(=O)[C@H]1CN(CC(=O)Nc2cccc(C(C)=O)c2)c2ccccc2O1. The fraction of sp³-hybridized carbons (Fsp3) is 0.318. The first kappa shape index (κ1) is 20.4. The summed E-state index contributed by atoms with van der Waals surface area (Å²) in [6.45, 7) is 4.37. The van der Waals surface area contributed by atoms with Gasteiger partial charge in [0.1, 0.15) is 5.75 Å². The van der Waals surface area contributed by atoms with Crippen LogP contribution in [0.4, 0.5) is 11.4 Å². The lowest BCUT2D eigenvalue weighted by Crippen LogP contribution is -2.50. The van der Waals surface area contributed by atoms with Gasteiger partial charge >= 0.3 is 0 Å². The number of fused-ring (bicyclic) bond motifs is 1. The second kappa shape index (κ2) is 9.23. The maximum absolute atomic E-state index is 12.6. The summed E-state index contributed by atoms with van der Waals surface area (Å²) in [5.74, 6) is 0.0713. The topological polar surface area (TPSA) is 87.7 Å². The fourth-order valence-corrected chi connectivity index (χ4v) is 3.15.